The Balaban J connectivity index is 0. The normalized spacial score (nSPS) is 10.6. The van der Waals surface area contributed by atoms with E-state index in [4.69, 9.17) is 9.66 Å². The molecule has 0 radical (unpaired) electrons. The molecular weight excluding hydrogens is 208 g/mol. The van der Waals surface area contributed by atoms with Crippen LogP contribution in [0, 0.1) is 0 Å². The van der Waals surface area contributed by atoms with Gasteiger partial charge >= 0.3 is 10.4 Å². The van der Waals surface area contributed by atoms with Crippen LogP contribution in [-0.4, -0.2) is 31.3 Å². The third-order valence-corrected chi connectivity index (χ3v) is 1.69. The molecule has 0 aromatic heterocycles. The fourth-order valence-corrected chi connectivity index (χ4v) is 1.02. The molecule has 0 aliphatic heterocycles. The van der Waals surface area contributed by atoms with E-state index in [1.807, 2.05) is 0 Å². The molecular formula is C8H20O5S. The summed E-state index contributed by atoms with van der Waals surface area (Å²) in [6.07, 6.45) is 3.76. The summed E-state index contributed by atoms with van der Waals surface area (Å²) in [5, 5.41) is 7.57. The molecule has 0 rings (SSSR count). The minimum absolute atomic E-state index is 0.0822. The highest BCUT2D eigenvalue weighted by atomic mass is 32.3. The zero-order chi connectivity index (χ0) is 11.4. The maximum absolute atomic E-state index is 10.00. The van der Waals surface area contributed by atoms with Crippen LogP contribution in [0.4, 0.5) is 0 Å². The Bertz CT molecular complexity index is 188. The van der Waals surface area contributed by atoms with Gasteiger partial charge < -0.3 is 5.11 Å². The summed E-state index contributed by atoms with van der Waals surface area (Å²) >= 11 is 0. The minimum atomic E-state index is -4.21. The van der Waals surface area contributed by atoms with Gasteiger partial charge in [0.05, 0.1) is 6.61 Å². The molecule has 0 aliphatic rings. The molecule has 0 spiro atoms. The number of hydrogen-bond donors (Lipinski definition) is 2. The second kappa shape index (κ2) is 10.9. The highest BCUT2D eigenvalue weighted by Gasteiger charge is 2.01. The van der Waals surface area contributed by atoms with E-state index in [-0.39, 0.29) is 13.2 Å². The third kappa shape index (κ3) is 22.6. The first-order valence-corrected chi connectivity index (χ1v) is 6.07. The predicted octanol–water partition coefficient (Wildman–Crippen LogP) is 1.38. The van der Waals surface area contributed by atoms with Crippen molar-refractivity contribution in [2.45, 2.75) is 39.5 Å². The van der Waals surface area contributed by atoms with Crippen LogP contribution in [0.2, 0.25) is 0 Å². The summed E-state index contributed by atoms with van der Waals surface area (Å²) in [5.41, 5.74) is 0. The Hall–Kier alpha value is -0.170. The van der Waals surface area contributed by atoms with E-state index >= 15 is 0 Å². The van der Waals surface area contributed by atoms with Crippen LogP contribution in [0.15, 0.2) is 0 Å². The first kappa shape index (κ1) is 16.3. The molecule has 14 heavy (non-hydrogen) atoms. The van der Waals surface area contributed by atoms with Crippen LogP contribution in [-0.2, 0) is 14.6 Å². The average molecular weight is 228 g/mol. The summed E-state index contributed by atoms with van der Waals surface area (Å²) in [6.45, 7) is 4.07. The maximum atomic E-state index is 10.00. The molecule has 6 heteroatoms. The van der Waals surface area contributed by atoms with Crippen LogP contribution in [0.25, 0.3) is 0 Å². The maximum Gasteiger partial charge on any atom is 0.397 e. The van der Waals surface area contributed by atoms with Gasteiger partial charge in [-0.1, -0.05) is 26.2 Å². The third-order valence-electron chi connectivity index (χ3n) is 1.23. The molecule has 0 aromatic rings. The van der Waals surface area contributed by atoms with Crippen molar-refractivity contribution >= 4 is 10.4 Å². The number of aliphatic hydroxyl groups excluding tert-OH is 1. The zero-order valence-corrected chi connectivity index (χ0v) is 9.59. The lowest BCUT2D eigenvalue weighted by molar-refractivity contribution is 0.261. The van der Waals surface area contributed by atoms with Gasteiger partial charge in [-0.05, 0) is 13.3 Å². The van der Waals surface area contributed by atoms with Gasteiger partial charge in [-0.25, -0.2) is 4.18 Å². The van der Waals surface area contributed by atoms with Gasteiger partial charge in [0.25, 0.3) is 0 Å². The molecule has 0 aliphatic carbocycles. The lowest BCUT2D eigenvalue weighted by Gasteiger charge is -1.98. The number of unbranched alkanes of at least 4 members (excludes halogenated alkanes) is 3. The largest absolute Gasteiger partial charge is 0.397 e. The Morgan fingerprint density at radius 3 is 2.00 bits per heavy atom. The molecule has 2 N–H and O–H groups in total. The number of rotatable bonds is 6. The molecule has 0 heterocycles. The average Bonchev–Trinajstić information content (AvgIpc) is 2.03. The molecule has 5 nitrogen and oxygen atoms in total. The Kier molecular flexibility index (Phi) is 12.7. The minimum Gasteiger partial charge on any atom is -0.397 e. The van der Waals surface area contributed by atoms with E-state index in [1.165, 1.54) is 0 Å². The number of aliphatic hydroxyl groups is 1. The van der Waals surface area contributed by atoms with Gasteiger partial charge in [-0.15, -0.1) is 0 Å². The van der Waals surface area contributed by atoms with Crippen molar-refractivity contribution < 1.29 is 22.3 Å². The second-order valence-corrected chi connectivity index (χ2v) is 3.72. The fraction of sp³-hybridized carbons (Fsp3) is 1.00. The van der Waals surface area contributed by atoms with Gasteiger partial charge in [-0.3, -0.25) is 4.55 Å². The van der Waals surface area contributed by atoms with Crippen molar-refractivity contribution in [1.29, 1.82) is 0 Å². The van der Waals surface area contributed by atoms with Crippen LogP contribution in [0.5, 0.6) is 0 Å². The molecule has 0 amide bonds. The van der Waals surface area contributed by atoms with Gasteiger partial charge in [0.2, 0.25) is 0 Å². The van der Waals surface area contributed by atoms with Gasteiger partial charge in [0.1, 0.15) is 0 Å². The van der Waals surface area contributed by atoms with Crippen molar-refractivity contribution in [3.8, 4) is 0 Å². The van der Waals surface area contributed by atoms with E-state index in [2.05, 4.69) is 11.1 Å². The summed E-state index contributed by atoms with van der Waals surface area (Å²) < 4.78 is 32.2. The molecule has 0 fully saturated rings. The van der Waals surface area contributed by atoms with Crippen molar-refractivity contribution in [2.75, 3.05) is 13.2 Å². The van der Waals surface area contributed by atoms with Crippen molar-refractivity contribution in [3.63, 3.8) is 0 Å². The van der Waals surface area contributed by atoms with Gasteiger partial charge in [-0.2, -0.15) is 8.42 Å². The van der Waals surface area contributed by atoms with Crippen LogP contribution in [0.3, 0.4) is 0 Å². The molecule has 0 saturated carbocycles. The molecule has 0 saturated heterocycles. The SMILES string of the molecule is CCCCCCOS(=O)(=O)O.CCO. The van der Waals surface area contributed by atoms with E-state index in [1.54, 1.807) is 6.92 Å². The van der Waals surface area contributed by atoms with E-state index in [0.717, 1.165) is 19.3 Å². The molecule has 0 atom stereocenters. The second-order valence-electron chi connectivity index (χ2n) is 2.63. The van der Waals surface area contributed by atoms with Crippen molar-refractivity contribution in [3.05, 3.63) is 0 Å². The Morgan fingerprint density at radius 2 is 1.64 bits per heavy atom. The predicted molar refractivity (Wildman–Crippen MR) is 54.4 cm³/mol. The molecule has 0 unspecified atom stereocenters. The van der Waals surface area contributed by atoms with Crippen LogP contribution in [0.1, 0.15) is 39.5 Å². The van der Waals surface area contributed by atoms with Crippen molar-refractivity contribution in [1.82, 2.24) is 0 Å². The Morgan fingerprint density at radius 1 is 1.14 bits per heavy atom. The summed E-state index contributed by atoms with van der Waals surface area (Å²) in [7, 11) is -4.21. The van der Waals surface area contributed by atoms with E-state index in [9.17, 15) is 8.42 Å². The highest BCUT2D eigenvalue weighted by Crippen LogP contribution is 1.99. The fourth-order valence-electron chi connectivity index (χ4n) is 0.693. The first-order chi connectivity index (χ1) is 6.47. The standard InChI is InChI=1S/C6H14O4S.C2H6O/c1-2-3-4-5-6-10-11(7,8)9;1-2-3/h2-6H2,1H3,(H,7,8,9);3H,2H2,1H3. The lowest BCUT2D eigenvalue weighted by Crippen LogP contribution is -2.04. The summed E-state index contributed by atoms with van der Waals surface area (Å²) in [5.74, 6) is 0. The van der Waals surface area contributed by atoms with Crippen LogP contribution >= 0.6 is 0 Å². The smallest absolute Gasteiger partial charge is 0.397 e. The molecule has 0 aromatic carbocycles. The quantitative estimate of drug-likeness (QED) is 0.530. The monoisotopic (exact) mass is 228 g/mol. The first-order valence-electron chi connectivity index (χ1n) is 4.70. The van der Waals surface area contributed by atoms with Crippen LogP contribution < -0.4 is 0 Å². The Labute approximate surface area is 86.0 Å². The topological polar surface area (TPSA) is 83.8 Å². The lowest BCUT2D eigenvalue weighted by atomic mass is 10.2. The number of hydrogen-bond acceptors (Lipinski definition) is 4. The van der Waals surface area contributed by atoms with E-state index in [0.29, 0.717) is 6.42 Å². The summed E-state index contributed by atoms with van der Waals surface area (Å²) in [6, 6.07) is 0. The summed E-state index contributed by atoms with van der Waals surface area (Å²) in [4.78, 5) is 0. The van der Waals surface area contributed by atoms with Gasteiger partial charge in [0.15, 0.2) is 0 Å². The molecule has 88 valence electrons. The zero-order valence-electron chi connectivity index (χ0n) is 8.77. The van der Waals surface area contributed by atoms with Gasteiger partial charge in [0, 0.05) is 6.61 Å². The highest BCUT2D eigenvalue weighted by molar-refractivity contribution is 7.80. The molecule has 0 bridgehead atoms. The van der Waals surface area contributed by atoms with Crippen molar-refractivity contribution in [2.24, 2.45) is 0 Å². The van der Waals surface area contributed by atoms with E-state index < -0.39 is 10.4 Å².